The molecule has 2 fully saturated rings. The highest BCUT2D eigenvalue weighted by molar-refractivity contribution is 5.68. The molecule has 1 saturated carbocycles. The second-order valence-corrected chi connectivity index (χ2v) is 10.1. The molecule has 1 aliphatic carbocycles. The van der Waals surface area contributed by atoms with Crippen LogP contribution in [0.5, 0.6) is 5.88 Å². The lowest BCUT2D eigenvalue weighted by Gasteiger charge is -2.40. The Morgan fingerprint density at radius 3 is 2.56 bits per heavy atom. The van der Waals surface area contributed by atoms with Gasteiger partial charge in [0.25, 0.3) is 0 Å². The number of alkyl carbamates (subject to hydrolysis) is 1. The van der Waals surface area contributed by atoms with E-state index in [1.165, 1.54) is 18.5 Å². The molecule has 1 aliphatic heterocycles. The zero-order valence-corrected chi connectivity index (χ0v) is 19.8. The van der Waals surface area contributed by atoms with E-state index in [9.17, 15) is 13.6 Å². The normalized spacial score (nSPS) is 27.9. The van der Waals surface area contributed by atoms with Gasteiger partial charge in [-0.15, -0.1) is 0 Å². The number of piperidine rings is 1. The molecule has 1 saturated heterocycles. The summed E-state index contributed by atoms with van der Waals surface area (Å²) in [4.78, 5) is 22.5. The summed E-state index contributed by atoms with van der Waals surface area (Å²) in [7, 11) is 0. The second-order valence-electron chi connectivity index (χ2n) is 10.1. The molecule has 184 valence electrons. The van der Waals surface area contributed by atoms with Crippen molar-refractivity contribution in [1.29, 1.82) is 0 Å². The monoisotopic (exact) mass is 474 g/mol. The first-order chi connectivity index (χ1) is 16.2. The maximum atomic E-state index is 14.8. The van der Waals surface area contributed by atoms with Gasteiger partial charge in [0.05, 0.1) is 0 Å². The molecule has 1 aromatic carbocycles. The van der Waals surface area contributed by atoms with E-state index in [1.807, 2.05) is 0 Å². The molecule has 0 bridgehead atoms. The van der Waals surface area contributed by atoms with E-state index in [2.05, 4.69) is 20.2 Å². The number of hydrogen-bond acceptors (Lipinski definition) is 6. The van der Waals surface area contributed by atoms with Gasteiger partial charge in [0.2, 0.25) is 5.88 Å². The Morgan fingerprint density at radius 1 is 1.12 bits per heavy atom. The van der Waals surface area contributed by atoms with E-state index in [0.717, 1.165) is 12.0 Å². The number of carbonyl (C=O) groups excluding carboxylic acids is 1. The predicted molar refractivity (Wildman–Crippen MR) is 123 cm³/mol. The van der Waals surface area contributed by atoms with Crippen LogP contribution in [0.1, 0.15) is 51.5 Å². The molecule has 0 spiro atoms. The number of nitrogens with zero attached hydrogens (tertiary/aromatic N) is 3. The molecular weight excluding hydrogens is 442 g/mol. The number of carbonyl (C=O) groups is 1. The van der Waals surface area contributed by atoms with Crippen LogP contribution in [0.2, 0.25) is 0 Å². The Hall–Kier alpha value is -2.81. The molecule has 2 aliphatic rings. The average molecular weight is 475 g/mol. The van der Waals surface area contributed by atoms with E-state index in [4.69, 9.17) is 9.47 Å². The molecule has 0 radical (unpaired) electrons. The SMILES string of the molecule is CC(C)(C)OC(=O)N[C@@H]1C[C@@H](F)CN(C2CC(c3ccc(F)cc3)CC2Oc2ccncn2)C1. The number of ether oxygens (including phenoxy) is 2. The summed E-state index contributed by atoms with van der Waals surface area (Å²) >= 11 is 0. The Labute approximate surface area is 198 Å². The Kier molecular flexibility index (Phi) is 7.30. The minimum atomic E-state index is -1.08. The number of halogens is 2. The van der Waals surface area contributed by atoms with Crippen molar-refractivity contribution in [1.82, 2.24) is 20.2 Å². The molecule has 2 aromatic rings. The fourth-order valence-corrected chi connectivity index (χ4v) is 4.92. The molecule has 1 amide bonds. The third kappa shape index (κ3) is 6.40. The van der Waals surface area contributed by atoms with Crippen LogP contribution in [-0.4, -0.2) is 64.0 Å². The van der Waals surface area contributed by atoms with Crippen molar-refractivity contribution in [3.05, 3.63) is 54.2 Å². The molecule has 1 N–H and O–H groups in total. The van der Waals surface area contributed by atoms with Crippen LogP contribution in [0.4, 0.5) is 13.6 Å². The van der Waals surface area contributed by atoms with E-state index in [1.54, 1.807) is 45.2 Å². The fourth-order valence-electron chi connectivity index (χ4n) is 4.92. The molecule has 5 atom stereocenters. The third-order valence-corrected chi connectivity index (χ3v) is 6.26. The van der Waals surface area contributed by atoms with Crippen LogP contribution in [0.15, 0.2) is 42.9 Å². The number of benzene rings is 1. The molecule has 3 unspecified atom stereocenters. The summed E-state index contributed by atoms with van der Waals surface area (Å²) in [6, 6.07) is 7.75. The number of nitrogens with one attached hydrogen (secondary N) is 1. The second kappa shape index (κ2) is 10.2. The number of hydrogen-bond donors (Lipinski definition) is 1. The van der Waals surface area contributed by atoms with Gasteiger partial charge < -0.3 is 14.8 Å². The average Bonchev–Trinajstić information content (AvgIpc) is 3.17. The van der Waals surface area contributed by atoms with Crippen molar-refractivity contribution in [3.63, 3.8) is 0 Å². The summed E-state index contributed by atoms with van der Waals surface area (Å²) in [5, 5.41) is 2.83. The topological polar surface area (TPSA) is 76.6 Å². The van der Waals surface area contributed by atoms with E-state index in [0.29, 0.717) is 18.8 Å². The molecular formula is C25H32F2N4O3. The van der Waals surface area contributed by atoms with Gasteiger partial charge in [0.15, 0.2) is 0 Å². The Morgan fingerprint density at radius 2 is 1.88 bits per heavy atom. The van der Waals surface area contributed by atoms with Gasteiger partial charge in [0.1, 0.15) is 30.0 Å². The van der Waals surface area contributed by atoms with Gasteiger partial charge >= 0.3 is 6.09 Å². The maximum Gasteiger partial charge on any atom is 0.407 e. The minimum Gasteiger partial charge on any atom is -0.473 e. The molecule has 4 rings (SSSR count). The summed E-state index contributed by atoms with van der Waals surface area (Å²) in [6.45, 7) is 6.13. The molecule has 1 aromatic heterocycles. The number of likely N-dealkylation sites (tertiary alicyclic amines) is 1. The largest absolute Gasteiger partial charge is 0.473 e. The first-order valence-electron chi connectivity index (χ1n) is 11.7. The summed E-state index contributed by atoms with van der Waals surface area (Å²) in [5.41, 5.74) is 0.398. The zero-order chi connectivity index (χ0) is 24.3. The van der Waals surface area contributed by atoms with Crippen molar-refractivity contribution in [2.75, 3.05) is 13.1 Å². The minimum absolute atomic E-state index is 0.0912. The van der Waals surface area contributed by atoms with Crippen molar-refractivity contribution in [2.24, 2.45) is 0 Å². The fraction of sp³-hybridized carbons (Fsp3) is 0.560. The highest BCUT2D eigenvalue weighted by Crippen LogP contribution is 2.40. The lowest BCUT2D eigenvalue weighted by molar-refractivity contribution is 0.0212. The number of alkyl halides is 1. The summed E-state index contributed by atoms with van der Waals surface area (Å²) < 4.78 is 39.9. The Bertz CT molecular complexity index is 955. The van der Waals surface area contributed by atoms with E-state index < -0.39 is 17.9 Å². The van der Waals surface area contributed by atoms with Crippen LogP contribution in [0.25, 0.3) is 0 Å². The van der Waals surface area contributed by atoms with Gasteiger partial charge in [-0.05, 0) is 57.2 Å². The van der Waals surface area contributed by atoms with Crippen LogP contribution in [-0.2, 0) is 4.74 Å². The van der Waals surface area contributed by atoms with Crippen molar-refractivity contribution < 1.29 is 23.0 Å². The highest BCUT2D eigenvalue weighted by Gasteiger charge is 2.43. The first-order valence-corrected chi connectivity index (χ1v) is 11.7. The Balaban J connectivity index is 1.50. The smallest absolute Gasteiger partial charge is 0.407 e. The van der Waals surface area contributed by atoms with Gasteiger partial charge in [-0.1, -0.05) is 12.1 Å². The molecule has 2 heterocycles. The van der Waals surface area contributed by atoms with Crippen LogP contribution in [0, 0.1) is 5.82 Å². The number of rotatable bonds is 5. The third-order valence-electron chi connectivity index (χ3n) is 6.26. The molecule has 7 nitrogen and oxygen atoms in total. The van der Waals surface area contributed by atoms with Gasteiger partial charge in [-0.3, -0.25) is 4.90 Å². The first kappa shape index (κ1) is 24.3. The van der Waals surface area contributed by atoms with Crippen molar-refractivity contribution >= 4 is 6.09 Å². The van der Waals surface area contributed by atoms with Gasteiger partial charge in [-0.2, -0.15) is 0 Å². The maximum absolute atomic E-state index is 14.8. The van der Waals surface area contributed by atoms with E-state index in [-0.39, 0.29) is 42.9 Å². The van der Waals surface area contributed by atoms with E-state index >= 15 is 0 Å². The van der Waals surface area contributed by atoms with Gasteiger partial charge in [-0.25, -0.2) is 23.5 Å². The van der Waals surface area contributed by atoms with Gasteiger partial charge in [0, 0.05) is 43.9 Å². The van der Waals surface area contributed by atoms with Crippen LogP contribution < -0.4 is 10.1 Å². The van der Waals surface area contributed by atoms with Crippen LogP contribution >= 0.6 is 0 Å². The predicted octanol–water partition coefficient (Wildman–Crippen LogP) is 4.25. The standard InChI is InChI=1S/C25H32F2N4O3/c1-25(2,3)34-24(32)30-20-12-19(27)13-31(14-20)21-10-17(16-4-6-18(26)7-5-16)11-22(21)33-23-8-9-28-15-29-23/h4-9,15,17,19-22H,10-14H2,1-3H3,(H,30,32)/t17?,19-,20-,21?,22?/m1/s1. The lowest BCUT2D eigenvalue weighted by atomic mass is 9.96. The van der Waals surface area contributed by atoms with Crippen molar-refractivity contribution in [3.8, 4) is 5.88 Å². The van der Waals surface area contributed by atoms with Crippen LogP contribution in [0.3, 0.4) is 0 Å². The quantitative estimate of drug-likeness (QED) is 0.698. The zero-order valence-electron chi connectivity index (χ0n) is 19.8. The number of aromatic nitrogens is 2. The van der Waals surface area contributed by atoms with Crippen molar-refractivity contribution in [2.45, 2.75) is 75.9 Å². The number of amides is 1. The molecule has 9 heteroatoms. The lowest BCUT2D eigenvalue weighted by Crippen LogP contribution is -2.57. The highest BCUT2D eigenvalue weighted by atomic mass is 19.1. The molecule has 34 heavy (non-hydrogen) atoms. The summed E-state index contributed by atoms with van der Waals surface area (Å²) in [6.07, 6.45) is 2.83. The summed E-state index contributed by atoms with van der Waals surface area (Å²) in [5.74, 6) is 0.316.